The zero-order valence-electron chi connectivity index (χ0n) is 12.3. The summed E-state index contributed by atoms with van der Waals surface area (Å²) in [6.45, 7) is 3.09. The maximum absolute atomic E-state index is 12.5. The molecule has 2 amide bonds. The molecule has 1 aliphatic heterocycles. The first-order chi connectivity index (χ1) is 10.1. The third-order valence-corrected chi connectivity index (χ3v) is 4.11. The summed E-state index contributed by atoms with van der Waals surface area (Å²) < 4.78 is 0. The molecule has 1 saturated carbocycles. The first-order valence-electron chi connectivity index (χ1n) is 7.67. The summed E-state index contributed by atoms with van der Waals surface area (Å²) in [4.78, 5) is 30.7. The molecule has 0 bridgehead atoms. The van der Waals surface area contributed by atoms with Gasteiger partial charge >= 0.3 is 0 Å². The number of aromatic nitrogens is 1. The van der Waals surface area contributed by atoms with Gasteiger partial charge in [-0.25, -0.2) is 4.98 Å². The average molecular weight is 287 g/mol. The molecule has 1 aliphatic carbocycles. The molecule has 2 heterocycles. The summed E-state index contributed by atoms with van der Waals surface area (Å²) in [5, 5.41) is 3.04. The monoisotopic (exact) mass is 287 g/mol. The Kier molecular flexibility index (Phi) is 3.90. The van der Waals surface area contributed by atoms with Crippen LogP contribution in [0.3, 0.4) is 0 Å². The molecule has 5 nitrogen and oxygen atoms in total. The molecule has 2 aliphatic rings. The molecule has 2 fully saturated rings. The van der Waals surface area contributed by atoms with Crippen molar-refractivity contribution < 1.29 is 9.59 Å². The average Bonchev–Trinajstić information content (AvgIpc) is 3.30. The molecule has 3 rings (SSSR count). The summed E-state index contributed by atoms with van der Waals surface area (Å²) in [6.07, 6.45) is 3.92. The quantitative estimate of drug-likeness (QED) is 0.917. The molecule has 1 atom stereocenters. The molecule has 0 spiro atoms. The van der Waals surface area contributed by atoms with Crippen LogP contribution in [0, 0.1) is 12.8 Å². The summed E-state index contributed by atoms with van der Waals surface area (Å²) in [5.41, 5.74) is 1.30. The zero-order valence-corrected chi connectivity index (χ0v) is 12.3. The fraction of sp³-hybridized carbons (Fsp3) is 0.562. The maximum atomic E-state index is 12.5. The number of rotatable bonds is 3. The molecule has 21 heavy (non-hydrogen) atoms. The van der Waals surface area contributed by atoms with Crippen LogP contribution in [0.15, 0.2) is 18.2 Å². The molecule has 1 N–H and O–H groups in total. The van der Waals surface area contributed by atoms with Crippen molar-refractivity contribution in [1.82, 2.24) is 15.2 Å². The Labute approximate surface area is 124 Å². The Balaban J connectivity index is 1.64. The van der Waals surface area contributed by atoms with Gasteiger partial charge in [0.25, 0.3) is 5.91 Å². The second kappa shape index (κ2) is 5.84. The summed E-state index contributed by atoms with van der Waals surface area (Å²) >= 11 is 0. The molecule has 1 aromatic rings. The van der Waals surface area contributed by atoms with Gasteiger partial charge in [-0.05, 0) is 44.7 Å². The van der Waals surface area contributed by atoms with Gasteiger partial charge in [-0.15, -0.1) is 0 Å². The van der Waals surface area contributed by atoms with E-state index in [4.69, 9.17) is 0 Å². The normalized spacial score (nSPS) is 22.0. The molecule has 1 saturated heterocycles. The van der Waals surface area contributed by atoms with E-state index < -0.39 is 0 Å². The number of carbonyl (C=O) groups excluding carboxylic acids is 2. The van der Waals surface area contributed by atoms with E-state index in [1.165, 1.54) is 0 Å². The van der Waals surface area contributed by atoms with Crippen LogP contribution in [0.1, 0.15) is 41.9 Å². The Morgan fingerprint density at radius 3 is 2.81 bits per heavy atom. The Hall–Kier alpha value is -1.91. The zero-order chi connectivity index (χ0) is 14.8. The Morgan fingerprint density at radius 2 is 2.10 bits per heavy atom. The van der Waals surface area contributed by atoms with E-state index in [1.54, 1.807) is 11.0 Å². The SMILES string of the molecule is Cc1cccc(C(=O)N2CCCC(C(=O)NC3CC3)C2)n1. The molecular formula is C16H21N3O2. The number of amides is 2. The lowest BCUT2D eigenvalue weighted by molar-refractivity contribution is -0.126. The maximum Gasteiger partial charge on any atom is 0.272 e. The first-order valence-corrected chi connectivity index (χ1v) is 7.67. The number of nitrogens with zero attached hydrogens (tertiary/aromatic N) is 2. The Morgan fingerprint density at radius 1 is 1.29 bits per heavy atom. The van der Waals surface area contributed by atoms with Gasteiger partial charge in [-0.3, -0.25) is 9.59 Å². The molecule has 112 valence electrons. The number of hydrogen-bond acceptors (Lipinski definition) is 3. The van der Waals surface area contributed by atoms with Gasteiger partial charge in [0.15, 0.2) is 0 Å². The van der Waals surface area contributed by atoms with Crippen LogP contribution in [0.2, 0.25) is 0 Å². The Bertz CT molecular complexity index is 554. The fourth-order valence-electron chi connectivity index (χ4n) is 2.75. The van der Waals surface area contributed by atoms with E-state index in [-0.39, 0.29) is 17.7 Å². The van der Waals surface area contributed by atoms with E-state index >= 15 is 0 Å². The fourth-order valence-corrected chi connectivity index (χ4v) is 2.75. The van der Waals surface area contributed by atoms with Crippen molar-refractivity contribution in [3.8, 4) is 0 Å². The molecule has 0 radical (unpaired) electrons. The van der Waals surface area contributed by atoms with Gasteiger partial charge < -0.3 is 10.2 Å². The minimum atomic E-state index is -0.0758. The molecule has 1 aromatic heterocycles. The van der Waals surface area contributed by atoms with E-state index in [2.05, 4.69) is 10.3 Å². The van der Waals surface area contributed by atoms with Crippen LogP contribution >= 0.6 is 0 Å². The minimum absolute atomic E-state index is 0.0670. The van der Waals surface area contributed by atoms with Crippen LogP contribution in [0.5, 0.6) is 0 Å². The van der Waals surface area contributed by atoms with Crippen LogP contribution in [-0.4, -0.2) is 40.8 Å². The van der Waals surface area contributed by atoms with Crippen molar-refractivity contribution >= 4 is 11.8 Å². The van der Waals surface area contributed by atoms with Crippen LogP contribution < -0.4 is 5.32 Å². The predicted octanol–water partition coefficient (Wildman–Crippen LogP) is 1.52. The van der Waals surface area contributed by atoms with Gasteiger partial charge in [0, 0.05) is 24.8 Å². The van der Waals surface area contributed by atoms with Crippen molar-refractivity contribution in [2.24, 2.45) is 5.92 Å². The minimum Gasteiger partial charge on any atom is -0.353 e. The smallest absolute Gasteiger partial charge is 0.272 e. The van der Waals surface area contributed by atoms with Gasteiger partial charge in [0.2, 0.25) is 5.91 Å². The van der Waals surface area contributed by atoms with Crippen LogP contribution in [0.4, 0.5) is 0 Å². The van der Waals surface area contributed by atoms with Gasteiger partial charge in [-0.2, -0.15) is 0 Å². The largest absolute Gasteiger partial charge is 0.353 e. The number of hydrogen-bond donors (Lipinski definition) is 1. The highest BCUT2D eigenvalue weighted by atomic mass is 16.2. The van der Waals surface area contributed by atoms with Gasteiger partial charge in [0.05, 0.1) is 5.92 Å². The number of carbonyl (C=O) groups is 2. The lowest BCUT2D eigenvalue weighted by Gasteiger charge is -2.32. The lowest BCUT2D eigenvalue weighted by Crippen LogP contribution is -2.46. The predicted molar refractivity (Wildman–Crippen MR) is 78.8 cm³/mol. The van der Waals surface area contributed by atoms with Crippen molar-refractivity contribution in [2.45, 2.75) is 38.6 Å². The summed E-state index contributed by atoms with van der Waals surface area (Å²) in [7, 11) is 0. The number of pyridine rings is 1. The van der Waals surface area contributed by atoms with E-state index in [1.807, 2.05) is 19.1 Å². The van der Waals surface area contributed by atoms with Crippen molar-refractivity contribution in [1.29, 1.82) is 0 Å². The lowest BCUT2D eigenvalue weighted by atomic mass is 9.96. The molecule has 0 aromatic carbocycles. The highest BCUT2D eigenvalue weighted by molar-refractivity contribution is 5.93. The number of nitrogens with one attached hydrogen (secondary N) is 1. The van der Waals surface area contributed by atoms with Crippen LogP contribution in [0.25, 0.3) is 0 Å². The standard InChI is InChI=1S/C16H21N3O2/c1-11-4-2-6-14(17-11)16(21)19-9-3-5-12(10-19)15(20)18-13-7-8-13/h2,4,6,12-13H,3,5,7-10H2,1H3,(H,18,20). The van der Waals surface area contributed by atoms with Crippen molar-refractivity contribution in [3.63, 3.8) is 0 Å². The van der Waals surface area contributed by atoms with E-state index in [0.29, 0.717) is 24.8 Å². The van der Waals surface area contributed by atoms with E-state index in [9.17, 15) is 9.59 Å². The summed E-state index contributed by atoms with van der Waals surface area (Å²) in [5.74, 6) is -0.0390. The highest BCUT2D eigenvalue weighted by Crippen LogP contribution is 2.22. The number of likely N-dealkylation sites (tertiary alicyclic amines) is 1. The first kappa shape index (κ1) is 14.0. The van der Waals surface area contributed by atoms with Crippen molar-refractivity contribution in [2.75, 3.05) is 13.1 Å². The topological polar surface area (TPSA) is 62.3 Å². The molecule has 1 unspecified atom stereocenters. The highest BCUT2D eigenvalue weighted by Gasteiger charge is 2.32. The van der Waals surface area contributed by atoms with Crippen LogP contribution in [-0.2, 0) is 4.79 Å². The molecule has 5 heteroatoms. The van der Waals surface area contributed by atoms with Gasteiger partial charge in [0.1, 0.15) is 5.69 Å². The third-order valence-electron chi connectivity index (χ3n) is 4.11. The van der Waals surface area contributed by atoms with E-state index in [0.717, 1.165) is 31.4 Å². The number of piperidine rings is 1. The third kappa shape index (κ3) is 3.40. The van der Waals surface area contributed by atoms with Gasteiger partial charge in [-0.1, -0.05) is 6.07 Å². The number of aryl methyl sites for hydroxylation is 1. The molecular weight excluding hydrogens is 266 g/mol. The van der Waals surface area contributed by atoms with Crippen molar-refractivity contribution in [3.05, 3.63) is 29.6 Å². The second-order valence-corrected chi connectivity index (χ2v) is 6.04. The second-order valence-electron chi connectivity index (χ2n) is 6.04. The summed E-state index contributed by atoms with van der Waals surface area (Å²) in [6, 6.07) is 5.83.